The van der Waals surface area contributed by atoms with Crippen molar-refractivity contribution in [1.29, 1.82) is 0 Å². The van der Waals surface area contributed by atoms with Gasteiger partial charge in [0, 0.05) is 12.6 Å². The van der Waals surface area contributed by atoms with Gasteiger partial charge in [-0.25, -0.2) is 0 Å². The fourth-order valence-electron chi connectivity index (χ4n) is 2.72. The predicted molar refractivity (Wildman–Crippen MR) is 68.1 cm³/mol. The number of ketones is 2. The van der Waals surface area contributed by atoms with E-state index >= 15 is 0 Å². The highest BCUT2D eigenvalue weighted by Gasteiger charge is 2.57. The van der Waals surface area contributed by atoms with Crippen molar-refractivity contribution in [2.45, 2.75) is 31.2 Å². The van der Waals surface area contributed by atoms with Crippen LogP contribution in [0.3, 0.4) is 0 Å². The summed E-state index contributed by atoms with van der Waals surface area (Å²) in [5.41, 5.74) is -0.532. The summed E-state index contributed by atoms with van der Waals surface area (Å²) in [4.78, 5) is 35.0. The molecule has 2 aliphatic rings. The topological polar surface area (TPSA) is 96.6 Å². The Hall–Kier alpha value is -2.37. The molecule has 2 heterocycles. The first kappa shape index (κ1) is 12.7. The molecule has 0 unspecified atom stereocenters. The number of Topliss-reactive ketones (excluding diaryl/α,β-unsaturated/α-hetero) is 2. The summed E-state index contributed by atoms with van der Waals surface area (Å²) in [5.74, 6) is -2.44. The zero-order valence-corrected chi connectivity index (χ0v) is 10.6. The standard InChI is InChI=1S/C14H13NO5/c16-9(3-4-10(17)18)11-12(19)8-2-1-7-15(8)14(5-6-14)13(11)20/h1-2,7,19H,3-6H2,(H,17,18). The lowest BCUT2D eigenvalue weighted by Gasteiger charge is -2.26. The van der Waals surface area contributed by atoms with Gasteiger partial charge < -0.3 is 14.8 Å². The van der Waals surface area contributed by atoms with E-state index in [2.05, 4.69) is 0 Å². The number of hydrogen-bond donors (Lipinski definition) is 2. The largest absolute Gasteiger partial charge is 0.505 e. The molecule has 0 atom stereocenters. The van der Waals surface area contributed by atoms with Gasteiger partial charge in [0.2, 0.25) is 0 Å². The lowest BCUT2D eigenvalue weighted by Crippen LogP contribution is -2.36. The molecule has 1 aromatic rings. The second-order valence-corrected chi connectivity index (χ2v) is 5.16. The number of hydrogen-bond acceptors (Lipinski definition) is 4. The van der Waals surface area contributed by atoms with Crippen molar-refractivity contribution >= 4 is 23.3 Å². The Morgan fingerprint density at radius 3 is 2.60 bits per heavy atom. The maximum absolute atomic E-state index is 12.5. The Morgan fingerprint density at radius 1 is 1.30 bits per heavy atom. The Morgan fingerprint density at radius 2 is 2.00 bits per heavy atom. The minimum absolute atomic E-state index is 0.241. The Balaban J connectivity index is 2.02. The number of fused-ring (bicyclic) bond motifs is 2. The number of carboxylic acid groups (broad SMARTS) is 1. The maximum Gasteiger partial charge on any atom is 0.303 e. The molecule has 3 rings (SSSR count). The van der Waals surface area contributed by atoms with Crippen molar-refractivity contribution in [3.63, 3.8) is 0 Å². The van der Waals surface area contributed by atoms with Crippen LogP contribution in [0.25, 0.3) is 5.76 Å². The summed E-state index contributed by atoms with van der Waals surface area (Å²) < 4.78 is 1.71. The van der Waals surface area contributed by atoms with Crippen LogP contribution in [-0.4, -0.2) is 32.3 Å². The van der Waals surface area contributed by atoms with Crippen molar-refractivity contribution in [3.8, 4) is 0 Å². The third-order valence-corrected chi connectivity index (χ3v) is 3.91. The summed E-state index contributed by atoms with van der Waals surface area (Å²) in [7, 11) is 0. The van der Waals surface area contributed by atoms with Crippen LogP contribution in [0.5, 0.6) is 0 Å². The zero-order valence-electron chi connectivity index (χ0n) is 10.6. The van der Waals surface area contributed by atoms with E-state index in [0.717, 1.165) is 0 Å². The molecule has 0 saturated heterocycles. The number of aliphatic carboxylic acids is 1. The molecule has 0 aromatic carbocycles. The zero-order chi connectivity index (χ0) is 14.5. The van der Waals surface area contributed by atoms with E-state index in [-0.39, 0.29) is 24.2 Å². The van der Waals surface area contributed by atoms with E-state index in [1.165, 1.54) is 0 Å². The number of nitrogens with zero attached hydrogens (tertiary/aromatic N) is 1. The Labute approximate surface area is 114 Å². The van der Waals surface area contributed by atoms with Crippen molar-refractivity contribution < 1.29 is 24.6 Å². The Bertz CT molecular complexity index is 663. The number of carbonyl (C=O) groups excluding carboxylic acids is 2. The van der Waals surface area contributed by atoms with Gasteiger partial charge in [-0.05, 0) is 25.0 Å². The minimum atomic E-state index is -1.11. The molecule has 0 radical (unpaired) electrons. The van der Waals surface area contributed by atoms with E-state index < -0.39 is 23.1 Å². The minimum Gasteiger partial charge on any atom is -0.505 e. The predicted octanol–water partition coefficient (Wildman–Crippen LogP) is 1.26. The maximum atomic E-state index is 12.5. The molecule has 20 heavy (non-hydrogen) atoms. The number of carboxylic acids is 1. The molecule has 2 N–H and O–H groups in total. The third kappa shape index (κ3) is 1.61. The van der Waals surface area contributed by atoms with Crippen LogP contribution < -0.4 is 0 Å². The first-order chi connectivity index (χ1) is 9.47. The molecule has 1 aromatic heterocycles. The fraction of sp³-hybridized carbons (Fsp3) is 0.357. The van der Waals surface area contributed by atoms with Gasteiger partial charge in [0.15, 0.2) is 17.3 Å². The van der Waals surface area contributed by atoms with E-state index in [0.29, 0.717) is 18.5 Å². The van der Waals surface area contributed by atoms with Crippen LogP contribution >= 0.6 is 0 Å². The fourth-order valence-corrected chi connectivity index (χ4v) is 2.72. The number of aromatic nitrogens is 1. The molecule has 0 amide bonds. The van der Waals surface area contributed by atoms with Crippen molar-refractivity contribution in [2.24, 2.45) is 0 Å². The Kier molecular flexibility index (Phi) is 2.57. The van der Waals surface area contributed by atoms with Crippen LogP contribution in [0.1, 0.15) is 31.4 Å². The average Bonchev–Trinajstić information content (AvgIpc) is 3.04. The molecule has 1 fully saturated rings. The molecule has 1 aliphatic carbocycles. The van der Waals surface area contributed by atoms with Crippen molar-refractivity contribution in [2.75, 3.05) is 0 Å². The van der Waals surface area contributed by atoms with Gasteiger partial charge in [0.1, 0.15) is 11.1 Å². The van der Waals surface area contributed by atoms with Crippen LogP contribution in [0.4, 0.5) is 0 Å². The number of allylic oxidation sites excluding steroid dienone is 1. The molecule has 1 aliphatic heterocycles. The second kappa shape index (κ2) is 4.06. The van der Waals surface area contributed by atoms with E-state index in [9.17, 15) is 19.5 Å². The molecular weight excluding hydrogens is 262 g/mol. The lowest BCUT2D eigenvalue weighted by molar-refractivity contribution is -0.138. The van der Waals surface area contributed by atoms with E-state index in [4.69, 9.17) is 5.11 Å². The summed E-state index contributed by atoms with van der Waals surface area (Å²) in [6.45, 7) is 0. The first-order valence-corrected chi connectivity index (χ1v) is 6.38. The summed E-state index contributed by atoms with van der Waals surface area (Å²) >= 11 is 0. The van der Waals surface area contributed by atoms with Crippen LogP contribution in [0.15, 0.2) is 23.9 Å². The molecule has 6 nitrogen and oxygen atoms in total. The number of rotatable bonds is 4. The summed E-state index contributed by atoms with van der Waals surface area (Å²) in [6.07, 6.45) is 2.36. The number of aliphatic hydroxyl groups excluding tert-OH is 1. The van der Waals surface area contributed by atoms with Crippen molar-refractivity contribution in [1.82, 2.24) is 4.57 Å². The molecular formula is C14H13NO5. The number of carbonyl (C=O) groups is 3. The highest BCUT2D eigenvalue weighted by Crippen LogP contribution is 2.51. The molecule has 1 spiro atoms. The van der Waals surface area contributed by atoms with Crippen molar-refractivity contribution in [3.05, 3.63) is 29.6 Å². The highest BCUT2D eigenvalue weighted by atomic mass is 16.4. The molecule has 0 bridgehead atoms. The molecule has 104 valence electrons. The second-order valence-electron chi connectivity index (χ2n) is 5.16. The van der Waals surface area contributed by atoms with Gasteiger partial charge in [0.05, 0.1) is 12.1 Å². The normalized spacial score (nSPS) is 19.1. The molecule has 6 heteroatoms. The van der Waals surface area contributed by atoms with E-state index in [1.54, 1.807) is 22.9 Å². The smallest absolute Gasteiger partial charge is 0.303 e. The van der Waals surface area contributed by atoms with Gasteiger partial charge in [-0.1, -0.05) is 0 Å². The van der Waals surface area contributed by atoms with Gasteiger partial charge in [-0.3, -0.25) is 14.4 Å². The lowest BCUT2D eigenvalue weighted by atomic mass is 9.91. The van der Waals surface area contributed by atoms with Gasteiger partial charge in [-0.2, -0.15) is 0 Å². The van der Waals surface area contributed by atoms with Crippen LogP contribution in [-0.2, 0) is 19.9 Å². The summed E-state index contributed by atoms with van der Waals surface area (Å²) in [5, 5.41) is 18.8. The molecule has 1 saturated carbocycles. The first-order valence-electron chi connectivity index (χ1n) is 6.38. The summed E-state index contributed by atoms with van der Waals surface area (Å²) in [6, 6.07) is 3.36. The van der Waals surface area contributed by atoms with Crippen LogP contribution in [0, 0.1) is 0 Å². The number of aliphatic hydroxyl groups is 1. The SMILES string of the molecule is O=C(O)CCC(=O)C1=C(O)c2cccn2C2(CC2)C1=O. The van der Waals surface area contributed by atoms with E-state index in [1.807, 2.05) is 0 Å². The van der Waals surface area contributed by atoms with Gasteiger partial charge in [-0.15, -0.1) is 0 Å². The third-order valence-electron chi connectivity index (χ3n) is 3.91. The average molecular weight is 275 g/mol. The van der Waals surface area contributed by atoms with Crippen LogP contribution in [0.2, 0.25) is 0 Å². The monoisotopic (exact) mass is 275 g/mol. The van der Waals surface area contributed by atoms with Gasteiger partial charge >= 0.3 is 5.97 Å². The highest BCUT2D eigenvalue weighted by molar-refractivity contribution is 6.28. The quantitative estimate of drug-likeness (QED) is 0.806. The van der Waals surface area contributed by atoms with Gasteiger partial charge in [0.25, 0.3) is 0 Å².